The summed E-state index contributed by atoms with van der Waals surface area (Å²) in [5.41, 5.74) is 1.63. The number of carbonyl (C=O) groups excluding carboxylic acids is 2. The van der Waals surface area contributed by atoms with Crippen molar-refractivity contribution >= 4 is 18.0 Å². The Morgan fingerprint density at radius 3 is 2.42 bits per heavy atom. The lowest BCUT2D eigenvalue weighted by Gasteiger charge is -2.21. The summed E-state index contributed by atoms with van der Waals surface area (Å²) in [5.74, 6) is -0.135. The Hall–Kier alpha value is -1.91. The Morgan fingerprint density at radius 1 is 1.37 bits per heavy atom. The highest BCUT2D eigenvalue weighted by molar-refractivity contribution is 5.94. The first-order chi connectivity index (χ1) is 9.08. The summed E-state index contributed by atoms with van der Waals surface area (Å²) in [4.78, 5) is 29.5. The van der Waals surface area contributed by atoms with Crippen LogP contribution in [0.5, 0.6) is 0 Å². The van der Waals surface area contributed by atoms with Crippen LogP contribution < -0.4 is 4.90 Å². The van der Waals surface area contributed by atoms with Crippen LogP contribution in [0.3, 0.4) is 0 Å². The number of likely N-dealkylation sites (N-methyl/N-ethyl adjacent to an activating group) is 2. The third kappa shape index (κ3) is 5.50. The Kier molecular flexibility index (Phi) is 8.17. The molecule has 1 aromatic heterocycles. The Bertz CT molecular complexity index is 390. The van der Waals surface area contributed by atoms with E-state index in [1.807, 2.05) is 39.8 Å². The second-order valence-corrected chi connectivity index (χ2v) is 3.78. The zero-order valence-electron chi connectivity index (χ0n) is 12.4. The molecule has 1 heterocycles. The normalized spacial score (nSPS) is 9.11. The van der Waals surface area contributed by atoms with Gasteiger partial charge in [0.15, 0.2) is 0 Å². The summed E-state index contributed by atoms with van der Waals surface area (Å²) >= 11 is 0. The lowest BCUT2D eigenvalue weighted by atomic mass is 10.3. The van der Waals surface area contributed by atoms with Crippen LogP contribution in [0.2, 0.25) is 0 Å². The van der Waals surface area contributed by atoms with E-state index in [2.05, 4.69) is 4.98 Å². The highest BCUT2D eigenvalue weighted by atomic mass is 16.2. The van der Waals surface area contributed by atoms with Crippen molar-refractivity contribution in [3.05, 3.63) is 24.0 Å². The van der Waals surface area contributed by atoms with E-state index >= 15 is 0 Å². The van der Waals surface area contributed by atoms with Crippen LogP contribution in [0, 0.1) is 6.92 Å². The van der Waals surface area contributed by atoms with Gasteiger partial charge in [-0.05, 0) is 26.0 Å². The van der Waals surface area contributed by atoms with E-state index in [4.69, 9.17) is 0 Å². The van der Waals surface area contributed by atoms with Crippen molar-refractivity contribution in [3.8, 4) is 0 Å². The Morgan fingerprint density at radius 2 is 2.00 bits per heavy atom. The van der Waals surface area contributed by atoms with Gasteiger partial charge in [-0.15, -0.1) is 0 Å². The van der Waals surface area contributed by atoms with Crippen LogP contribution in [0.25, 0.3) is 0 Å². The maximum Gasteiger partial charge on any atom is 0.246 e. The third-order valence-corrected chi connectivity index (χ3v) is 2.55. The molecule has 5 heteroatoms. The van der Waals surface area contributed by atoms with Crippen LogP contribution in [0.4, 0.5) is 5.69 Å². The second kappa shape index (κ2) is 9.08. The number of hydrogen-bond acceptors (Lipinski definition) is 3. The van der Waals surface area contributed by atoms with Gasteiger partial charge in [-0.3, -0.25) is 14.6 Å². The van der Waals surface area contributed by atoms with Gasteiger partial charge in [0.1, 0.15) is 0 Å². The molecule has 0 saturated heterocycles. The molecule has 0 unspecified atom stereocenters. The highest BCUT2D eigenvalue weighted by Crippen LogP contribution is 2.11. The standard InChI is InChI=1S/C12H17N3O2.C2H6/c1-4-15(9-16)8-12(17)14(3)11-6-5-10(2)13-7-11;1-2/h5-7,9H,4,8H2,1-3H3;1-2H3. The summed E-state index contributed by atoms with van der Waals surface area (Å²) in [5, 5.41) is 0. The number of hydrogen-bond donors (Lipinski definition) is 0. The van der Waals surface area contributed by atoms with Gasteiger partial charge in [0.05, 0.1) is 18.4 Å². The van der Waals surface area contributed by atoms with Crippen LogP contribution in [0.15, 0.2) is 18.3 Å². The number of nitrogens with zero attached hydrogens (tertiary/aromatic N) is 3. The molecule has 0 aliphatic heterocycles. The minimum absolute atomic E-state index is 0.0877. The summed E-state index contributed by atoms with van der Waals surface area (Å²) in [6.45, 7) is 8.32. The van der Waals surface area contributed by atoms with E-state index in [1.54, 1.807) is 13.2 Å². The van der Waals surface area contributed by atoms with E-state index in [1.165, 1.54) is 9.80 Å². The predicted molar refractivity (Wildman–Crippen MR) is 77.0 cm³/mol. The molecule has 5 nitrogen and oxygen atoms in total. The number of carbonyl (C=O) groups is 2. The average Bonchev–Trinajstić information content (AvgIpc) is 2.46. The minimum atomic E-state index is -0.135. The highest BCUT2D eigenvalue weighted by Gasteiger charge is 2.13. The van der Waals surface area contributed by atoms with E-state index in [0.717, 1.165) is 11.4 Å². The van der Waals surface area contributed by atoms with Gasteiger partial charge in [-0.2, -0.15) is 0 Å². The molecule has 1 aromatic rings. The molecule has 0 aromatic carbocycles. The summed E-state index contributed by atoms with van der Waals surface area (Å²) in [6.07, 6.45) is 2.32. The van der Waals surface area contributed by atoms with Crippen molar-refractivity contribution < 1.29 is 9.59 Å². The fourth-order valence-corrected chi connectivity index (χ4v) is 1.31. The molecule has 0 atom stereocenters. The van der Waals surface area contributed by atoms with E-state index < -0.39 is 0 Å². The molecular weight excluding hydrogens is 242 g/mol. The van der Waals surface area contributed by atoms with Gasteiger partial charge in [-0.1, -0.05) is 13.8 Å². The molecule has 0 spiro atoms. The second-order valence-electron chi connectivity index (χ2n) is 3.78. The average molecular weight is 265 g/mol. The molecule has 19 heavy (non-hydrogen) atoms. The first-order valence-electron chi connectivity index (χ1n) is 6.47. The smallest absolute Gasteiger partial charge is 0.246 e. The largest absolute Gasteiger partial charge is 0.336 e. The first-order valence-corrected chi connectivity index (χ1v) is 6.47. The molecule has 106 valence electrons. The van der Waals surface area contributed by atoms with Crippen LogP contribution >= 0.6 is 0 Å². The zero-order chi connectivity index (χ0) is 14.8. The quantitative estimate of drug-likeness (QED) is 0.764. The predicted octanol–water partition coefficient (Wildman–Crippen LogP) is 1.86. The molecule has 0 fully saturated rings. The number of rotatable bonds is 5. The number of pyridine rings is 1. The lowest BCUT2D eigenvalue weighted by molar-refractivity contribution is -0.126. The van der Waals surface area contributed by atoms with Crippen LogP contribution in [-0.4, -0.2) is 42.3 Å². The lowest BCUT2D eigenvalue weighted by Crippen LogP contribution is -2.37. The Labute approximate surface area is 115 Å². The molecule has 1 rings (SSSR count). The van der Waals surface area contributed by atoms with Crippen LogP contribution in [-0.2, 0) is 9.59 Å². The Balaban J connectivity index is 0.00000154. The van der Waals surface area contributed by atoms with E-state index in [-0.39, 0.29) is 12.5 Å². The van der Waals surface area contributed by atoms with Crippen molar-refractivity contribution in [2.45, 2.75) is 27.7 Å². The van der Waals surface area contributed by atoms with E-state index in [9.17, 15) is 9.59 Å². The summed E-state index contributed by atoms with van der Waals surface area (Å²) in [7, 11) is 1.67. The molecule has 2 amide bonds. The van der Waals surface area contributed by atoms with Crippen molar-refractivity contribution in [1.29, 1.82) is 0 Å². The van der Waals surface area contributed by atoms with Crippen molar-refractivity contribution in [3.63, 3.8) is 0 Å². The third-order valence-electron chi connectivity index (χ3n) is 2.55. The van der Waals surface area contributed by atoms with Gasteiger partial charge in [-0.25, -0.2) is 0 Å². The summed E-state index contributed by atoms with van der Waals surface area (Å²) in [6, 6.07) is 3.67. The number of amides is 2. The van der Waals surface area contributed by atoms with Crippen molar-refractivity contribution in [2.75, 3.05) is 25.0 Å². The fourth-order valence-electron chi connectivity index (χ4n) is 1.31. The number of anilines is 1. The SMILES string of the molecule is CC.CCN(C=O)CC(=O)N(C)c1ccc(C)nc1. The van der Waals surface area contributed by atoms with Crippen molar-refractivity contribution in [2.24, 2.45) is 0 Å². The van der Waals surface area contributed by atoms with E-state index in [0.29, 0.717) is 13.0 Å². The zero-order valence-corrected chi connectivity index (χ0v) is 12.4. The van der Waals surface area contributed by atoms with Gasteiger partial charge >= 0.3 is 0 Å². The maximum absolute atomic E-state index is 11.9. The minimum Gasteiger partial charge on any atom is -0.336 e. The molecule has 0 saturated carbocycles. The topological polar surface area (TPSA) is 53.5 Å². The van der Waals surface area contributed by atoms with Gasteiger partial charge < -0.3 is 9.80 Å². The van der Waals surface area contributed by atoms with Gasteiger partial charge in [0.25, 0.3) is 0 Å². The molecule has 0 N–H and O–H groups in total. The monoisotopic (exact) mass is 265 g/mol. The molecule has 0 radical (unpaired) electrons. The van der Waals surface area contributed by atoms with Gasteiger partial charge in [0.2, 0.25) is 12.3 Å². The molecule has 0 aliphatic carbocycles. The molecular formula is C14H23N3O2. The molecule has 0 aliphatic rings. The fraction of sp³-hybridized carbons (Fsp3) is 0.500. The molecule has 0 bridgehead atoms. The maximum atomic E-state index is 11.9. The number of aromatic nitrogens is 1. The summed E-state index contributed by atoms with van der Waals surface area (Å²) < 4.78 is 0. The van der Waals surface area contributed by atoms with Crippen molar-refractivity contribution in [1.82, 2.24) is 9.88 Å². The van der Waals surface area contributed by atoms with Gasteiger partial charge in [0, 0.05) is 19.3 Å². The first kappa shape index (κ1) is 17.1. The number of aryl methyl sites for hydroxylation is 1. The van der Waals surface area contributed by atoms with Crippen LogP contribution in [0.1, 0.15) is 26.5 Å².